The van der Waals surface area contributed by atoms with E-state index in [1.807, 2.05) is 11.8 Å². The standard InChI is InChI=1S/C24H21ClN4O6/c1-11-8-12(25)9-14-20(11)26-23(32)24(14)19-18(15-4-3-7-27(15)24)21(30)28(22(19)31)16-10-13(29(33)34)5-6-17(16)35-2/h5-6,8-10,15,18-19H,3-4,7H2,1-2H3,(H,26,32). The van der Waals surface area contributed by atoms with E-state index in [2.05, 4.69) is 5.32 Å². The fourth-order valence-corrected chi connectivity index (χ4v) is 6.91. The van der Waals surface area contributed by atoms with Gasteiger partial charge >= 0.3 is 0 Å². The summed E-state index contributed by atoms with van der Waals surface area (Å²) in [7, 11) is 1.36. The Morgan fingerprint density at radius 1 is 1.20 bits per heavy atom. The summed E-state index contributed by atoms with van der Waals surface area (Å²) in [4.78, 5) is 55.6. The molecule has 0 aliphatic carbocycles. The zero-order valence-electron chi connectivity index (χ0n) is 18.9. The molecule has 1 N–H and O–H groups in total. The third-order valence-electron chi connectivity index (χ3n) is 7.88. The zero-order valence-corrected chi connectivity index (χ0v) is 19.7. The molecule has 4 atom stereocenters. The molecule has 0 aromatic heterocycles. The Bertz CT molecular complexity index is 1360. The fourth-order valence-electron chi connectivity index (χ4n) is 6.64. The summed E-state index contributed by atoms with van der Waals surface area (Å²) in [6.45, 7) is 2.40. The maximum Gasteiger partial charge on any atom is 0.271 e. The van der Waals surface area contributed by atoms with Crippen LogP contribution in [0.25, 0.3) is 0 Å². The number of carbonyl (C=O) groups excluding carboxylic acids is 3. The third kappa shape index (κ3) is 2.61. The molecule has 4 aliphatic heterocycles. The van der Waals surface area contributed by atoms with Crippen LogP contribution in [0.2, 0.25) is 5.02 Å². The van der Waals surface area contributed by atoms with E-state index in [1.165, 1.54) is 25.3 Å². The van der Waals surface area contributed by atoms with Crippen molar-refractivity contribution in [2.45, 2.75) is 31.3 Å². The van der Waals surface area contributed by atoms with Gasteiger partial charge in [0.1, 0.15) is 17.0 Å². The number of anilines is 2. The topological polar surface area (TPSA) is 122 Å². The van der Waals surface area contributed by atoms with Crippen LogP contribution in [-0.4, -0.2) is 47.2 Å². The van der Waals surface area contributed by atoms with Crippen molar-refractivity contribution in [1.82, 2.24) is 4.90 Å². The number of fused-ring (bicyclic) bond motifs is 7. The van der Waals surface area contributed by atoms with Crippen molar-refractivity contribution in [3.63, 3.8) is 0 Å². The van der Waals surface area contributed by atoms with E-state index in [4.69, 9.17) is 16.3 Å². The Hall–Kier alpha value is -3.50. The van der Waals surface area contributed by atoms with Gasteiger partial charge in [-0.3, -0.25) is 29.4 Å². The molecule has 4 aliphatic rings. The van der Waals surface area contributed by atoms with Crippen molar-refractivity contribution >= 4 is 46.4 Å². The number of imide groups is 1. The molecule has 2 aromatic rings. The number of nitro benzene ring substituents is 1. The van der Waals surface area contributed by atoms with Gasteiger partial charge in [-0.1, -0.05) is 11.6 Å². The van der Waals surface area contributed by atoms with Gasteiger partial charge in [-0.2, -0.15) is 0 Å². The molecule has 0 bridgehead atoms. The Morgan fingerprint density at radius 3 is 2.69 bits per heavy atom. The van der Waals surface area contributed by atoms with E-state index >= 15 is 0 Å². The number of benzene rings is 2. The van der Waals surface area contributed by atoms with Gasteiger partial charge in [0.15, 0.2) is 0 Å². The second-order valence-corrected chi connectivity index (χ2v) is 9.83. The first-order valence-electron chi connectivity index (χ1n) is 11.3. The second kappa shape index (κ2) is 7.25. The Morgan fingerprint density at radius 2 is 1.97 bits per heavy atom. The Labute approximate surface area is 204 Å². The minimum atomic E-state index is -1.38. The predicted molar refractivity (Wildman–Crippen MR) is 125 cm³/mol. The summed E-state index contributed by atoms with van der Waals surface area (Å²) in [6, 6.07) is 6.91. The SMILES string of the molecule is COc1ccc([N+](=O)[O-])cc1N1C(=O)C2C3CCCN3C3(C(=O)Nc4c(C)cc(Cl)cc43)C2C1=O. The molecule has 0 saturated carbocycles. The number of methoxy groups -OCH3 is 1. The van der Waals surface area contributed by atoms with Crippen LogP contribution >= 0.6 is 11.6 Å². The Balaban J connectivity index is 1.57. The van der Waals surface area contributed by atoms with Crippen molar-refractivity contribution in [2.75, 3.05) is 23.9 Å². The molecule has 2 aromatic carbocycles. The number of ether oxygens (including phenoxy) is 1. The van der Waals surface area contributed by atoms with Gasteiger partial charge in [-0.15, -0.1) is 0 Å². The number of nitro groups is 1. The van der Waals surface area contributed by atoms with Gasteiger partial charge in [-0.25, -0.2) is 4.90 Å². The van der Waals surface area contributed by atoms with Crippen LogP contribution in [0.15, 0.2) is 30.3 Å². The number of nitrogens with one attached hydrogen (secondary N) is 1. The van der Waals surface area contributed by atoms with Gasteiger partial charge in [0.2, 0.25) is 17.7 Å². The van der Waals surface area contributed by atoms with E-state index < -0.39 is 34.1 Å². The first-order chi connectivity index (χ1) is 16.7. The summed E-state index contributed by atoms with van der Waals surface area (Å²) < 4.78 is 5.35. The number of amides is 3. The maximum absolute atomic E-state index is 14.1. The first-order valence-corrected chi connectivity index (χ1v) is 11.7. The number of nitrogens with zero attached hydrogens (tertiary/aromatic N) is 3. The highest BCUT2D eigenvalue weighted by Gasteiger charge is 2.75. The highest BCUT2D eigenvalue weighted by atomic mass is 35.5. The normalized spacial score (nSPS) is 28.9. The minimum absolute atomic E-state index is 0.00620. The molecule has 35 heavy (non-hydrogen) atoms. The first kappa shape index (κ1) is 22.0. The van der Waals surface area contributed by atoms with Crippen molar-refractivity contribution in [3.8, 4) is 5.75 Å². The van der Waals surface area contributed by atoms with Gasteiger partial charge in [0.05, 0.1) is 23.9 Å². The van der Waals surface area contributed by atoms with Gasteiger partial charge in [0.25, 0.3) is 5.69 Å². The molecular formula is C24H21ClN4O6. The van der Waals surface area contributed by atoms with E-state index in [-0.39, 0.29) is 29.1 Å². The lowest BCUT2D eigenvalue weighted by molar-refractivity contribution is -0.384. The number of non-ortho nitro benzene ring substituents is 1. The molecule has 1 spiro atoms. The number of rotatable bonds is 3. The van der Waals surface area contributed by atoms with Crippen molar-refractivity contribution in [2.24, 2.45) is 11.8 Å². The summed E-state index contributed by atoms with van der Waals surface area (Å²) >= 11 is 6.40. The molecule has 3 amide bonds. The van der Waals surface area contributed by atoms with E-state index in [0.717, 1.165) is 16.9 Å². The molecule has 4 heterocycles. The van der Waals surface area contributed by atoms with Gasteiger partial charge in [-0.05, 0) is 50.1 Å². The molecule has 10 nitrogen and oxygen atoms in total. The molecular weight excluding hydrogens is 476 g/mol. The summed E-state index contributed by atoms with van der Waals surface area (Å²) in [5.74, 6) is -3.02. The largest absolute Gasteiger partial charge is 0.495 e. The lowest BCUT2D eigenvalue weighted by Gasteiger charge is -2.36. The molecule has 11 heteroatoms. The minimum Gasteiger partial charge on any atom is -0.495 e. The van der Waals surface area contributed by atoms with E-state index in [9.17, 15) is 24.5 Å². The average molecular weight is 497 g/mol. The maximum atomic E-state index is 14.1. The van der Waals surface area contributed by atoms with Crippen LogP contribution in [-0.2, 0) is 19.9 Å². The molecule has 3 fully saturated rings. The second-order valence-electron chi connectivity index (χ2n) is 9.40. The molecule has 3 saturated heterocycles. The highest BCUT2D eigenvalue weighted by Crippen LogP contribution is 2.61. The summed E-state index contributed by atoms with van der Waals surface area (Å²) in [6.07, 6.45) is 1.43. The highest BCUT2D eigenvalue weighted by molar-refractivity contribution is 6.31. The van der Waals surface area contributed by atoms with Gasteiger partial charge < -0.3 is 10.1 Å². The van der Waals surface area contributed by atoms with Crippen LogP contribution < -0.4 is 15.0 Å². The molecule has 4 unspecified atom stereocenters. The van der Waals surface area contributed by atoms with Crippen LogP contribution in [0.1, 0.15) is 24.0 Å². The Kier molecular flexibility index (Phi) is 4.56. The molecule has 6 rings (SSSR count). The number of carbonyl (C=O) groups is 3. The monoisotopic (exact) mass is 496 g/mol. The number of hydrogen-bond donors (Lipinski definition) is 1. The van der Waals surface area contributed by atoms with E-state index in [1.54, 1.807) is 12.1 Å². The zero-order chi connectivity index (χ0) is 24.8. The lowest BCUT2D eigenvalue weighted by Crippen LogP contribution is -2.54. The summed E-state index contributed by atoms with van der Waals surface area (Å²) in [5, 5.41) is 14.8. The van der Waals surface area contributed by atoms with E-state index in [0.29, 0.717) is 29.2 Å². The summed E-state index contributed by atoms with van der Waals surface area (Å²) in [5.41, 5.74) is 0.324. The number of halogens is 1. The smallest absolute Gasteiger partial charge is 0.271 e. The number of aryl methyl sites for hydroxylation is 1. The van der Waals surface area contributed by atoms with Gasteiger partial charge in [0, 0.05) is 34.4 Å². The lowest BCUT2D eigenvalue weighted by atomic mass is 9.75. The predicted octanol–water partition coefficient (Wildman–Crippen LogP) is 3.00. The number of hydrogen-bond acceptors (Lipinski definition) is 7. The van der Waals surface area contributed by atoms with Crippen LogP contribution in [0.5, 0.6) is 5.75 Å². The molecule has 0 radical (unpaired) electrons. The van der Waals surface area contributed by atoms with Crippen molar-refractivity contribution in [1.29, 1.82) is 0 Å². The van der Waals surface area contributed by atoms with Crippen LogP contribution in [0.4, 0.5) is 17.1 Å². The average Bonchev–Trinajstić information content (AvgIpc) is 3.52. The quantitative estimate of drug-likeness (QED) is 0.393. The van der Waals surface area contributed by atoms with Crippen molar-refractivity contribution in [3.05, 3.63) is 56.6 Å². The van der Waals surface area contributed by atoms with Crippen molar-refractivity contribution < 1.29 is 24.0 Å². The van der Waals surface area contributed by atoms with Crippen LogP contribution in [0.3, 0.4) is 0 Å². The fraction of sp³-hybridized carbons (Fsp3) is 0.375. The van der Waals surface area contributed by atoms with Crippen LogP contribution in [0, 0.1) is 28.9 Å². The molecule has 180 valence electrons. The third-order valence-corrected chi connectivity index (χ3v) is 8.10.